The second-order valence-corrected chi connectivity index (χ2v) is 11.6. The van der Waals surface area contributed by atoms with Crippen LogP contribution in [-0.2, 0) is 32.7 Å². The molecule has 0 fully saturated rings. The van der Waals surface area contributed by atoms with Gasteiger partial charge in [0.05, 0.1) is 19.8 Å². The molecule has 39 heavy (non-hydrogen) atoms. The minimum atomic E-state index is -4.58. The van der Waals surface area contributed by atoms with Crippen LogP contribution in [0.2, 0.25) is 0 Å². The fourth-order valence-corrected chi connectivity index (χ4v) is 4.66. The number of aliphatic hydroxyl groups is 2. The molecular formula is C28H55O10P. The van der Waals surface area contributed by atoms with Crippen molar-refractivity contribution in [2.75, 3.05) is 26.4 Å². The van der Waals surface area contributed by atoms with Crippen molar-refractivity contribution < 1.29 is 47.8 Å². The van der Waals surface area contributed by atoms with Crippen molar-refractivity contribution in [2.45, 2.75) is 142 Å². The van der Waals surface area contributed by atoms with E-state index in [0.717, 1.165) is 38.5 Å². The Labute approximate surface area is 235 Å². The fraction of sp³-hybridized carbons (Fsp3) is 0.929. The molecule has 0 rings (SSSR count). The molecule has 0 heterocycles. The lowest BCUT2D eigenvalue weighted by atomic mass is 10.0. The van der Waals surface area contributed by atoms with Crippen LogP contribution in [0.5, 0.6) is 0 Å². The number of rotatable bonds is 28. The van der Waals surface area contributed by atoms with Gasteiger partial charge < -0.3 is 24.6 Å². The third-order valence-corrected chi connectivity index (χ3v) is 7.21. The number of carbonyl (C=O) groups is 2. The van der Waals surface area contributed by atoms with E-state index in [1.165, 1.54) is 51.4 Å². The van der Waals surface area contributed by atoms with E-state index in [4.69, 9.17) is 19.1 Å². The van der Waals surface area contributed by atoms with E-state index < -0.39 is 51.8 Å². The Balaban J connectivity index is 4.38. The van der Waals surface area contributed by atoms with Gasteiger partial charge in [-0.1, -0.05) is 104 Å². The fourth-order valence-electron chi connectivity index (χ4n) is 3.87. The van der Waals surface area contributed by atoms with E-state index in [0.29, 0.717) is 12.8 Å². The highest BCUT2D eigenvalue weighted by atomic mass is 31.2. The lowest BCUT2D eigenvalue weighted by Gasteiger charge is -2.20. The molecule has 10 nitrogen and oxygen atoms in total. The van der Waals surface area contributed by atoms with E-state index in [1.807, 2.05) is 0 Å². The third kappa shape index (κ3) is 25.7. The van der Waals surface area contributed by atoms with Crippen LogP contribution in [0, 0.1) is 0 Å². The van der Waals surface area contributed by atoms with E-state index in [1.54, 1.807) is 0 Å². The summed E-state index contributed by atoms with van der Waals surface area (Å²) in [6.07, 6.45) is 15.8. The van der Waals surface area contributed by atoms with Gasteiger partial charge in [0, 0.05) is 12.8 Å². The van der Waals surface area contributed by atoms with Crippen molar-refractivity contribution in [1.82, 2.24) is 0 Å². The molecule has 3 unspecified atom stereocenters. The van der Waals surface area contributed by atoms with E-state index in [2.05, 4.69) is 18.4 Å². The molecule has 0 bridgehead atoms. The van der Waals surface area contributed by atoms with Crippen LogP contribution < -0.4 is 0 Å². The van der Waals surface area contributed by atoms with Gasteiger partial charge in [0.15, 0.2) is 6.10 Å². The average Bonchev–Trinajstić information content (AvgIpc) is 2.91. The number of aliphatic hydroxyl groups excluding tert-OH is 2. The lowest BCUT2D eigenvalue weighted by Crippen LogP contribution is -2.29. The first-order valence-corrected chi connectivity index (χ1v) is 16.5. The van der Waals surface area contributed by atoms with Gasteiger partial charge in [-0.15, -0.1) is 0 Å². The predicted octanol–water partition coefficient (Wildman–Crippen LogP) is 5.99. The zero-order valence-corrected chi connectivity index (χ0v) is 25.3. The first-order chi connectivity index (χ1) is 18.7. The first kappa shape index (κ1) is 38.0. The first-order valence-electron chi connectivity index (χ1n) is 15.0. The van der Waals surface area contributed by atoms with Crippen LogP contribution in [0.3, 0.4) is 0 Å². The molecule has 0 radical (unpaired) electrons. The number of phosphoric ester groups is 1. The molecule has 3 atom stereocenters. The molecule has 0 aliphatic carbocycles. The molecule has 0 spiro atoms. The summed E-state index contributed by atoms with van der Waals surface area (Å²) in [6.45, 7) is 2.20. The van der Waals surface area contributed by atoms with E-state index >= 15 is 0 Å². The summed E-state index contributed by atoms with van der Waals surface area (Å²) in [4.78, 5) is 34.2. The van der Waals surface area contributed by atoms with Crippen molar-refractivity contribution in [3.8, 4) is 0 Å². The number of phosphoric acid groups is 1. The number of ether oxygens (including phenoxy) is 2. The minimum Gasteiger partial charge on any atom is -0.462 e. The lowest BCUT2D eigenvalue weighted by molar-refractivity contribution is -0.161. The van der Waals surface area contributed by atoms with E-state index in [-0.39, 0.29) is 19.4 Å². The maximum Gasteiger partial charge on any atom is 0.472 e. The van der Waals surface area contributed by atoms with Crippen molar-refractivity contribution in [2.24, 2.45) is 0 Å². The molecule has 0 saturated carbocycles. The van der Waals surface area contributed by atoms with Gasteiger partial charge in [-0.2, -0.15) is 0 Å². The van der Waals surface area contributed by atoms with Crippen molar-refractivity contribution >= 4 is 19.8 Å². The highest BCUT2D eigenvalue weighted by molar-refractivity contribution is 7.47. The number of unbranched alkanes of at least 4 members (excludes halogenated alkanes) is 14. The highest BCUT2D eigenvalue weighted by Crippen LogP contribution is 2.43. The smallest absolute Gasteiger partial charge is 0.462 e. The summed E-state index contributed by atoms with van der Waals surface area (Å²) in [5.74, 6) is -0.943. The number of esters is 2. The molecule has 0 aliphatic rings. The summed E-state index contributed by atoms with van der Waals surface area (Å²) in [7, 11) is -4.58. The molecule has 0 aromatic heterocycles. The number of hydrogen-bond acceptors (Lipinski definition) is 9. The second-order valence-electron chi connectivity index (χ2n) is 10.1. The Hall–Kier alpha value is -1.03. The summed E-state index contributed by atoms with van der Waals surface area (Å²) in [5, 5.41) is 18.1. The van der Waals surface area contributed by atoms with Gasteiger partial charge in [-0.3, -0.25) is 18.6 Å². The van der Waals surface area contributed by atoms with Crippen LogP contribution in [0.25, 0.3) is 0 Å². The maximum absolute atomic E-state index is 12.4. The minimum absolute atomic E-state index is 0.189. The molecule has 3 N–H and O–H groups in total. The van der Waals surface area contributed by atoms with Crippen molar-refractivity contribution in [1.29, 1.82) is 0 Å². The molecule has 0 aromatic rings. The average molecular weight is 583 g/mol. The number of carbonyl (C=O) groups excluding carboxylic acids is 2. The zero-order chi connectivity index (χ0) is 29.2. The second kappa shape index (κ2) is 25.9. The number of hydrogen-bond donors (Lipinski definition) is 3. The maximum atomic E-state index is 12.4. The monoisotopic (exact) mass is 582 g/mol. The van der Waals surface area contributed by atoms with Gasteiger partial charge in [-0.05, 0) is 12.8 Å². The summed E-state index contributed by atoms with van der Waals surface area (Å²) in [5.41, 5.74) is 0. The molecule has 0 aromatic carbocycles. The SMILES string of the molecule is CCCCCCCCCCCCCCC(=O)OC(COC(=O)CCCCCC)COP(=O)(O)OCC(O)CO. The van der Waals surface area contributed by atoms with Gasteiger partial charge in [-0.25, -0.2) is 4.57 Å². The Bertz CT molecular complexity index is 646. The van der Waals surface area contributed by atoms with Gasteiger partial charge in [0.25, 0.3) is 0 Å². The van der Waals surface area contributed by atoms with Crippen LogP contribution in [-0.4, -0.2) is 65.7 Å². The Morgan fingerprint density at radius 2 is 1.10 bits per heavy atom. The van der Waals surface area contributed by atoms with Gasteiger partial charge >= 0.3 is 19.8 Å². The summed E-state index contributed by atoms with van der Waals surface area (Å²) >= 11 is 0. The van der Waals surface area contributed by atoms with Gasteiger partial charge in [0.1, 0.15) is 12.7 Å². The molecule has 232 valence electrons. The van der Waals surface area contributed by atoms with E-state index in [9.17, 15) is 24.2 Å². The summed E-state index contributed by atoms with van der Waals surface area (Å²) < 4.78 is 32.1. The molecule has 11 heteroatoms. The third-order valence-electron chi connectivity index (χ3n) is 6.26. The van der Waals surface area contributed by atoms with Gasteiger partial charge in [0.2, 0.25) is 0 Å². The zero-order valence-electron chi connectivity index (χ0n) is 24.4. The predicted molar refractivity (Wildman–Crippen MR) is 150 cm³/mol. The largest absolute Gasteiger partial charge is 0.472 e. The molecular weight excluding hydrogens is 527 g/mol. The Morgan fingerprint density at radius 3 is 1.62 bits per heavy atom. The Morgan fingerprint density at radius 1 is 0.667 bits per heavy atom. The van der Waals surface area contributed by atoms with Crippen molar-refractivity contribution in [3.05, 3.63) is 0 Å². The van der Waals surface area contributed by atoms with Crippen molar-refractivity contribution in [3.63, 3.8) is 0 Å². The normalized spacial score (nSPS) is 14.5. The quantitative estimate of drug-likeness (QED) is 0.0570. The van der Waals surface area contributed by atoms with Crippen LogP contribution in [0.4, 0.5) is 0 Å². The molecule has 0 amide bonds. The van der Waals surface area contributed by atoms with Crippen LogP contribution in [0.15, 0.2) is 0 Å². The summed E-state index contributed by atoms with van der Waals surface area (Å²) in [6, 6.07) is 0. The topological polar surface area (TPSA) is 149 Å². The Kier molecular flexibility index (Phi) is 25.2. The highest BCUT2D eigenvalue weighted by Gasteiger charge is 2.27. The standard InChI is InChI=1S/C28H55O10P/c1-3-5-7-9-10-11-12-13-14-15-16-18-20-28(32)38-26(23-35-27(31)19-17-8-6-4-2)24-37-39(33,34)36-22-25(30)21-29/h25-26,29-30H,3-24H2,1-2H3,(H,33,34). The van der Waals surface area contributed by atoms with Crippen LogP contribution >= 0.6 is 7.82 Å². The molecule has 0 saturated heterocycles. The van der Waals surface area contributed by atoms with Crippen LogP contribution in [0.1, 0.15) is 129 Å². The molecule has 0 aliphatic heterocycles.